The fourth-order valence-corrected chi connectivity index (χ4v) is 3.31. The van der Waals surface area contributed by atoms with Crippen molar-refractivity contribution in [3.63, 3.8) is 0 Å². The molecule has 0 aliphatic carbocycles. The van der Waals surface area contributed by atoms with Crippen LogP contribution in [0.1, 0.15) is 4.88 Å². The first-order valence-electron chi connectivity index (χ1n) is 5.53. The van der Waals surface area contributed by atoms with Crippen LogP contribution in [0.25, 0.3) is 0 Å². The van der Waals surface area contributed by atoms with E-state index in [1.807, 2.05) is 24.3 Å². The van der Waals surface area contributed by atoms with Crippen molar-refractivity contribution in [3.05, 3.63) is 38.0 Å². The molecule has 0 aliphatic heterocycles. The Hall–Kier alpha value is -0.910. The second-order valence-corrected chi connectivity index (χ2v) is 6.38. The number of thiophene rings is 1. The molecular formula is C13H13BrClNO2S. The number of hydrogen-bond donors (Lipinski definition) is 1. The van der Waals surface area contributed by atoms with Crippen molar-refractivity contribution < 1.29 is 9.47 Å². The number of hydrogen-bond acceptors (Lipinski definition) is 4. The monoisotopic (exact) mass is 361 g/mol. The van der Waals surface area contributed by atoms with E-state index >= 15 is 0 Å². The van der Waals surface area contributed by atoms with Crippen LogP contribution in [-0.2, 0) is 6.54 Å². The van der Waals surface area contributed by atoms with E-state index < -0.39 is 0 Å². The van der Waals surface area contributed by atoms with Crippen LogP contribution < -0.4 is 14.8 Å². The van der Waals surface area contributed by atoms with Gasteiger partial charge in [0, 0.05) is 39.8 Å². The fourth-order valence-electron chi connectivity index (χ4n) is 1.58. The zero-order valence-corrected chi connectivity index (χ0v) is 13.7. The van der Waals surface area contributed by atoms with E-state index in [0.29, 0.717) is 6.54 Å². The first-order valence-corrected chi connectivity index (χ1v) is 7.51. The summed E-state index contributed by atoms with van der Waals surface area (Å²) in [4.78, 5) is 1.15. The second-order valence-electron chi connectivity index (χ2n) is 3.79. The predicted molar refractivity (Wildman–Crippen MR) is 83.9 cm³/mol. The molecule has 1 aromatic heterocycles. The Morgan fingerprint density at radius 1 is 1.16 bits per heavy atom. The predicted octanol–water partition coefficient (Wildman–Crippen LogP) is 4.79. The summed E-state index contributed by atoms with van der Waals surface area (Å²) in [6.45, 7) is 0.701. The summed E-state index contributed by atoms with van der Waals surface area (Å²) < 4.78 is 12.1. The van der Waals surface area contributed by atoms with E-state index in [-0.39, 0.29) is 0 Å². The molecule has 0 atom stereocenters. The van der Waals surface area contributed by atoms with Gasteiger partial charge in [0.05, 0.1) is 14.2 Å². The fraction of sp³-hybridized carbons (Fsp3) is 0.231. The zero-order valence-electron chi connectivity index (χ0n) is 10.5. The number of halogens is 2. The Bertz CT molecular complexity index is 532. The third-order valence-electron chi connectivity index (χ3n) is 2.51. The molecule has 19 heavy (non-hydrogen) atoms. The van der Waals surface area contributed by atoms with Gasteiger partial charge < -0.3 is 14.8 Å². The summed E-state index contributed by atoms with van der Waals surface area (Å²) in [5.41, 5.74) is 0.942. The Morgan fingerprint density at radius 2 is 1.79 bits per heavy atom. The Balaban J connectivity index is 2.10. The van der Waals surface area contributed by atoms with Crippen LogP contribution in [0.15, 0.2) is 28.7 Å². The van der Waals surface area contributed by atoms with Crippen molar-refractivity contribution in [1.82, 2.24) is 0 Å². The van der Waals surface area contributed by atoms with E-state index in [9.17, 15) is 0 Å². The average molecular weight is 363 g/mol. The van der Waals surface area contributed by atoms with Crippen LogP contribution in [0, 0.1) is 0 Å². The molecule has 2 aromatic rings. The standard InChI is InChI=1S/C13H13BrClNO2S/c1-17-9-3-8(4-10(5-9)18-2)16-7-11-6-12(14)13(15)19-11/h3-6,16H,7H2,1-2H3. The van der Waals surface area contributed by atoms with Crippen LogP contribution in [0.2, 0.25) is 4.34 Å². The Kier molecular flexibility index (Phi) is 4.96. The number of benzene rings is 1. The van der Waals surface area contributed by atoms with Gasteiger partial charge in [-0.05, 0) is 22.0 Å². The van der Waals surface area contributed by atoms with Gasteiger partial charge in [-0.25, -0.2) is 0 Å². The van der Waals surface area contributed by atoms with E-state index in [1.54, 1.807) is 25.6 Å². The number of nitrogens with one attached hydrogen (secondary N) is 1. The van der Waals surface area contributed by atoms with Gasteiger partial charge in [0.15, 0.2) is 0 Å². The molecule has 2 rings (SSSR count). The number of anilines is 1. The van der Waals surface area contributed by atoms with Gasteiger partial charge in [0.1, 0.15) is 15.8 Å². The van der Waals surface area contributed by atoms with Crippen molar-refractivity contribution in [2.75, 3.05) is 19.5 Å². The number of methoxy groups -OCH3 is 2. The molecule has 6 heteroatoms. The highest BCUT2D eigenvalue weighted by Crippen LogP contribution is 2.33. The lowest BCUT2D eigenvalue weighted by Gasteiger charge is -2.09. The molecule has 1 heterocycles. The van der Waals surface area contributed by atoms with Crippen LogP contribution in [0.3, 0.4) is 0 Å². The molecule has 0 fully saturated rings. The van der Waals surface area contributed by atoms with Crippen LogP contribution >= 0.6 is 38.9 Å². The summed E-state index contributed by atoms with van der Waals surface area (Å²) in [5.74, 6) is 1.51. The minimum Gasteiger partial charge on any atom is -0.497 e. The highest BCUT2D eigenvalue weighted by molar-refractivity contribution is 9.10. The van der Waals surface area contributed by atoms with Crippen molar-refractivity contribution >= 4 is 44.6 Å². The summed E-state index contributed by atoms with van der Waals surface area (Å²) >= 11 is 11.0. The van der Waals surface area contributed by atoms with Crippen molar-refractivity contribution in [3.8, 4) is 11.5 Å². The molecular weight excluding hydrogens is 350 g/mol. The first kappa shape index (κ1) is 14.5. The van der Waals surface area contributed by atoms with Crippen molar-refractivity contribution in [1.29, 1.82) is 0 Å². The largest absolute Gasteiger partial charge is 0.497 e. The summed E-state index contributed by atoms with van der Waals surface area (Å²) in [6, 6.07) is 7.70. The molecule has 3 nitrogen and oxygen atoms in total. The molecule has 0 spiro atoms. The van der Waals surface area contributed by atoms with Crippen LogP contribution in [0.4, 0.5) is 5.69 Å². The molecule has 0 unspecified atom stereocenters. The lowest BCUT2D eigenvalue weighted by atomic mass is 10.2. The van der Waals surface area contributed by atoms with Gasteiger partial charge in [0.2, 0.25) is 0 Å². The second kappa shape index (κ2) is 6.50. The van der Waals surface area contributed by atoms with Crippen molar-refractivity contribution in [2.45, 2.75) is 6.54 Å². The molecule has 0 bridgehead atoms. The van der Waals surface area contributed by atoms with Gasteiger partial charge in [0.25, 0.3) is 0 Å². The molecule has 0 saturated carbocycles. The molecule has 0 amide bonds. The number of ether oxygens (including phenoxy) is 2. The Labute approximate surface area is 129 Å². The summed E-state index contributed by atoms with van der Waals surface area (Å²) in [6.07, 6.45) is 0. The molecule has 0 saturated heterocycles. The minimum atomic E-state index is 0.701. The lowest BCUT2D eigenvalue weighted by molar-refractivity contribution is 0.394. The molecule has 1 aromatic carbocycles. The summed E-state index contributed by atoms with van der Waals surface area (Å²) in [5, 5.41) is 3.32. The van der Waals surface area contributed by atoms with E-state index in [1.165, 1.54) is 0 Å². The maximum absolute atomic E-state index is 6.01. The highest BCUT2D eigenvalue weighted by Gasteiger charge is 2.06. The van der Waals surface area contributed by atoms with Gasteiger partial charge in [-0.3, -0.25) is 0 Å². The molecule has 0 radical (unpaired) electrons. The highest BCUT2D eigenvalue weighted by atomic mass is 79.9. The van der Waals surface area contributed by atoms with Crippen LogP contribution in [-0.4, -0.2) is 14.2 Å². The lowest BCUT2D eigenvalue weighted by Crippen LogP contribution is -1.98. The topological polar surface area (TPSA) is 30.5 Å². The smallest absolute Gasteiger partial charge is 0.124 e. The normalized spacial score (nSPS) is 10.3. The Morgan fingerprint density at radius 3 is 2.26 bits per heavy atom. The SMILES string of the molecule is COc1cc(NCc2cc(Br)c(Cl)s2)cc(OC)c1. The maximum atomic E-state index is 6.01. The molecule has 1 N–H and O–H groups in total. The maximum Gasteiger partial charge on any atom is 0.124 e. The van der Waals surface area contributed by atoms with Crippen LogP contribution in [0.5, 0.6) is 11.5 Å². The van der Waals surface area contributed by atoms with Crippen molar-refractivity contribution in [2.24, 2.45) is 0 Å². The van der Waals surface area contributed by atoms with E-state index in [4.69, 9.17) is 21.1 Å². The van der Waals surface area contributed by atoms with Gasteiger partial charge in [-0.15, -0.1) is 11.3 Å². The third-order valence-corrected chi connectivity index (χ3v) is 4.99. The third kappa shape index (κ3) is 3.78. The quantitative estimate of drug-likeness (QED) is 0.829. The van der Waals surface area contributed by atoms with Gasteiger partial charge >= 0.3 is 0 Å². The van der Waals surface area contributed by atoms with Gasteiger partial charge in [-0.1, -0.05) is 11.6 Å². The number of rotatable bonds is 5. The first-order chi connectivity index (χ1) is 9.12. The minimum absolute atomic E-state index is 0.701. The molecule has 102 valence electrons. The zero-order chi connectivity index (χ0) is 13.8. The molecule has 0 aliphatic rings. The van der Waals surface area contributed by atoms with Gasteiger partial charge in [-0.2, -0.15) is 0 Å². The summed E-state index contributed by atoms with van der Waals surface area (Å²) in [7, 11) is 3.27. The van der Waals surface area contributed by atoms with E-state index in [2.05, 4.69) is 21.2 Å². The van der Waals surface area contributed by atoms with E-state index in [0.717, 1.165) is 30.9 Å². The average Bonchev–Trinajstić information content (AvgIpc) is 2.75.